The van der Waals surface area contributed by atoms with Crippen LogP contribution in [0.5, 0.6) is 5.75 Å². The molecular weight excluding hydrogens is 384 g/mol. The summed E-state index contributed by atoms with van der Waals surface area (Å²) in [6.45, 7) is 1.17. The Balaban J connectivity index is 0.00000261. The molecule has 0 saturated heterocycles. The number of ether oxygens (including phenoxy) is 1. The Morgan fingerprint density at radius 3 is 2.33 bits per heavy atom. The molecule has 0 heterocycles. The summed E-state index contributed by atoms with van der Waals surface area (Å²) in [5.41, 5.74) is 2.02. The van der Waals surface area contributed by atoms with Gasteiger partial charge < -0.3 is 10.1 Å². The minimum Gasteiger partial charge on any atom is -0.489 e. The third kappa shape index (κ3) is 7.33. The molecule has 1 aliphatic rings. The Labute approximate surface area is 172 Å². The minimum atomic E-state index is -0.232. The third-order valence-corrected chi connectivity index (χ3v) is 5.25. The van der Waals surface area contributed by atoms with E-state index in [0.29, 0.717) is 17.7 Å². The molecule has 2 aromatic rings. The van der Waals surface area contributed by atoms with Gasteiger partial charge >= 0.3 is 0 Å². The first-order valence-corrected chi connectivity index (χ1v) is 9.97. The van der Waals surface area contributed by atoms with Crippen LogP contribution in [0.2, 0.25) is 5.02 Å². The van der Waals surface area contributed by atoms with Gasteiger partial charge in [0, 0.05) is 23.2 Å². The van der Waals surface area contributed by atoms with Crippen LogP contribution in [0.25, 0.3) is 0 Å². The van der Waals surface area contributed by atoms with Gasteiger partial charge in [0.25, 0.3) is 0 Å². The van der Waals surface area contributed by atoms with Gasteiger partial charge in [-0.1, -0.05) is 55.8 Å². The summed E-state index contributed by atoms with van der Waals surface area (Å²) in [5.74, 6) is 0.599. The molecule has 0 atom stereocenters. The van der Waals surface area contributed by atoms with Crippen LogP contribution < -0.4 is 10.1 Å². The van der Waals surface area contributed by atoms with E-state index in [9.17, 15) is 4.39 Å². The predicted octanol–water partition coefficient (Wildman–Crippen LogP) is 6.68. The topological polar surface area (TPSA) is 21.3 Å². The van der Waals surface area contributed by atoms with Crippen LogP contribution >= 0.6 is 24.0 Å². The molecule has 2 nitrogen and oxygen atoms in total. The molecule has 5 heteroatoms. The van der Waals surface area contributed by atoms with Gasteiger partial charge in [-0.3, -0.25) is 0 Å². The van der Waals surface area contributed by atoms with Gasteiger partial charge in [0.15, 0.2) is 0 Å². The summed E-state index contributed by atoms with van der Waals surface area (Å²) in [4.78, 5) is 0. The predicted molar refractivity (Wildman–Crippen MR) is 112 cm³/mol. The SMILES string of the molecule is Cl.Fc1ccc(COc2ccc(Cl)cc2CNC2CCCCCCC2)cc1. The molecule has 1 fully saturated rings. The smallest absolute Gasteiger partial charge is 0.124 e. The van der Waals surface area contributed by atoms with Gasteiger partial charge in [-0.2, -0.15) is 0 Å². The van der Waals surface area contributed by atoms with E-state index in [2.05, 4.69) is 5.32 Å². The van der Waals surface area contributed by atoms with Crippen LogP contribution in [0.1, 0.15) is 56.1 Å². The highest BCUT2D eigenvalue weighted by molar-refractivity contribution is 6.30. The lowest BCUT2D eigenvalue weighted by Gasteiger charge is -2.22. The number of rotatable bonds is 6. The Morgan fingerprint density at radius 2 is 1.63 bits per heavy atom. The zero-order valence-electron chi connectivity index (χ0n) is 15.6. The summed E-state index contributed by atoms with van der Waals surface area (Å²) in [6.07, 6.45) is 9.17. The Hall–Kier alpha value is -1.29. The molecular formula is C22H28Cl2FNO. The first kappa shape index (κ1) is 22.0. The van der Waals surface area contributed by atoms with Crippen molar-refractivity contribution in [1.82, 2.24) is 5.32 Å². The van der Waals surface area contributed by atoms with E-state index >= 15 is 0 Å². The Kier molecular flexibility index (Phi) is 9.40. The molecule has 1 N–H and O–H groups in total. The molecule has 0 spiro atoms. The number of nitrogens with one attached hydrogen (secondary N) is 1. The highest BCUT2D eigenvalue weighted by Crippen LogP contribution is 2.25. The van der Waals surface area contributed by atoms with E-state index in [0.717, 1.165) is 23.4 Å². The number of halogens is 3. The second kappa shape index (κ2) is 11.5. The second-order valence-corrected chi connectivity index (χ2v) is 7.53. The van der Waals surface area contributed by atoms with Crippen LogP contribution in [0.15, 0.2) is 42.5 Å². The molecule has 0 aliphatic heterocycles. The van der Waals surface area contributed by atoms with Crippen molar-refractivity contribution in [1.29, 1.82) is 0 Å². The van der Waals surface area contributed by atoms with Crippen molar-refractivity contribution in [2.24, 2.45) is 0 Å². The summed E-state index contributed by atoms with van der Waals surface area (Å²) in [6, 6.07) is 12.7. The first-order valence-electron chi connectivity index (χ1n) is 9.60. The Morgan fingerprint density at radius 1 is 0.963 bits per heavy atom. The lowest BCUT2D eigenvalue weighted by atomic mass is 9.96. The zero-order valence-corrected chi connectivity index (χ0v) is 17.1. The fourth-order valence-electron chi connectivity index (χ4n) is 3.48. The third-order valence-electron chi connectivity index (χ3n) is 5.02. The quantitative estimate of drug-likeness (QED) is 0.571. The molecule has 148 valence electrons. The van der Waals surface area contributed by atoms with E-state index in [1.807, 2.05) is 18.2 Å². The second-order valence-electron chi connectivity index (χ2n) is 7.09. The normalized spacial score (nSPS) is 15.5. The molecule has 0 unspecified atom stereocenters. The van der Waals surface area contributed by atoms with E-state index in [-0.39, 0.29) is 18.2 Å². The van der Waals surface area contributed by atoms with Gasteiger partial charge in [0.05, 0.1) is 0 Å². The van der Waals surface area contributed by atoms with Crippen molar-refractivity contribution in [3.05, 3.63) is 64.4 Å². The fraction of sp³-hybridized carbons (Fsp3) is 0.455. The van der Waals surface area contributed by atoms with Crippen molar-refractivity contribution in [2.75, 3.05) is 0 Å². The monoisotopic (exact) mass is 411 g/mol. The maximum atomic E-state index is 13.0. The van der Waals surface area contributed by atoms with Crippen LogP contribution in [0.4, 0.5) is 4.39 Å². The van der Waals surface area contributed by atoms with E-state index in [4.69, 9.17) is 16.3 Å². The summed E-state index contributed by atoms with van der Waals surface area (Å²) < 4.78 is 19.0. The van der Waals surface area contributed by atoms with Gasteiger partial charge in [-0.05, 0) is 48.7 Å². The van der Waals surface area contributed by atoms with Gasteiger partial charge in [-0.15, -0.1) is 12.4 Å². The average Bonchev–Trinajstić information content (AvgIpc) is 2.61. The van der Waals surface area contributed by atoms with Gasteiger partial charge in [0.1, 0.15) is 18.2 Å². The first-order chi connectivity index (χ1) is 12.7. The van der Waals surface area contributed by atoms with Crippen molar-refractivity contribution >= 4 is 24.0 Å². The lowest BCUT2D eigenvalue weighted by molar-refractivity contribution is 0.300. The maximum absolute atomic E-state index is 13.0. The van der Waals surface area contributed by atoms with E-state index in [1.165, 1.54) is 57.1 Å². The lowest BCUT2D eigenvalue weighted by Crippen LogP contribution is -2.29. The van der Waals surface area contributed by atoms with Crippen LogP contribution in [-0.4, -0.2) is 6.04 Å². The van der Waals surface area contributed by atoms with Crippen LogP contribution in [-0.2, 0) is 13.2 Å². The van der Waals surface area contributed by atoms with Crippen molar-refractivity contribution < 1.29 is 9.13 Å². The van der Waals surface area contributed by atoms with E-state index < -0.39 is 0 Å². The summed E-state index contributed by atoms with van der Waals surface area (Å²) >= 11 is 6.20. The maximum Gasteiger partial charge on any atom is 0.124 e. The Bertz CT molecular complexity index is 685. The molecule has 3 rings (SSSR count). The van der Waals surface area contributed by atoms with Gasteiger partial charge in [-0.25, -0.2) is 4.39 Å². The van der Waals surface area contributed by atoms with Crippen molar-refractivity contribution in [3.8, 4) is 5.75 Å². The molecule has 1 aliphatic carbocycles. The molecule has 0 aromatic heterocycles. The molecule has 0 radical (unpaired) electrons. The van der Waals surface area contributed by atoms with Gasteiger partial charge in [0.2, 0.25) is 0 Å². The van der Waals surface area contributed by atoms with Crippen molar-refractivity contribution in [3.63, 3.8) is 0 Å². The summed E-state index contributed by atoms with van der Waals surface area (Å²) in [5, 5.41) is 4.41. The highest BCUT2D eigenvalue weighted by atomic mass is 35.5. The van der Waals surface area contributed by atoms with Crippen LogP contribution in [0.3, 0.4) is 0 Å². The summed E-state index contributed by atoms with van der Waals surface area (Å²) in [7, 11) is 0. The van der Waals surface area contributed by atoms with E-state index in [1.54, 1.807) is 12.1 Å². The number of hydrogen-bond acceptors (Lipinski definition) is 2. The number of benzene rings is 2. The minimum absolute atomic E-state index is 0. The number of hydrogen-bond donors (Lipinski definition) is 1. The largest absolute Gasteiger partial charge is 0.489 e. The molecule has 0 amide bonds. The highest BCUT2D eigenvalue weighted by Gasteiger charge is 2.12. The van der Waals surface area contributed by atoms with Crippen LogP contribution in [0, 0.1) is 5.82 Å². The fourth-order valence-corrected chi connectivity index (χ4v) is 3.68. The molecule has 2 aromatic carbocycles. The zero-order chi connectivity index (χ0) is 18.2. The average molecular weight is 412 g/mol. The van der Waals surface area contributed by atoms with Crippen molar-refractivity contribution in [2.45, 2.75) is 64.1 Å². The molecule has 1 saturated carbocycles. The molecule has 27 heavy (non-hydrogen) atoms. The molecule has 0 bridgehead atoms. The standard InChI is InChI=1S/C22H27ClFNO.ClH/c23-19-10-13-22(26-16-17-8-11-20(24)12-9-17)18(14-19)15-25-21-6-4-2-1-3-5-7-21;/h8-14,21,25H,1-7,15-16H2;1H.